The molecular formula is C13H18N2O3. The summed E-state index contributed by atoms with van der Waals surface area (Å²) < 4.78 is 5.49. The van der Waals surface area contributed by atoms with Gasteiger partial charge in [-0.05, 0) is 32.4 Å². The van der Waals surface area contributed by atoms with Gasteiger partial charge in [-0.1, -0.05) is 0 Å². The molecule has 2 atom stereocenters. The zero-order valence-corrected chi connectivity index (χ0v) is 10.6. The lowest BCUT2D eigenvalue weighted by Gasteiger charge is -2.15. The molecule has 0 saturated carbocycles. The van der Waals surface area contributed by atoms with Crippen molar-refractivity contribution in [3.63, 3.8) is 0 Å². The van der Waals surface area contributed by atoms with Gasteiger partial charge < -0.3 is 15.2 Å². The summed E-state index contributed by atoms with van der Waals surface area (Å²) >= 11 is 0. The number of pyridine rings is 1. The van der Waals surface area contributed by atoms with Gasteiger partial charge in [-0.3, -0.25) is 0 Å². The fraction of sp³-hybridized carbons (Fsp3) is 0.538. The number of anilines is 1. The number of hydrogen-bond donors (Lipinski definition) is 2. The van der Waals surface area contributed by atoms with E-state index < -0.39 is 5.97 Å². The van der Waals surface area contributed by atoms with Gasteiger partial charge in [-0.15, -0.1) is 0 Å². The van der Waals surface area contributed by atoms with Gasteiger partial charge in [-0.25, -0.2) is 9.78 Å². The van der Waals surface area contributed by atoms with Gasteiger partial charge in [0, 0.05) is 19.1 Å². The topological polar surface area (TPSA) is 71.5 Å². The Morgan fingerprint density at radius 3 is 2.94 bits per heavy atom. The highest BCUT2D eigenvalue weighted by atomic mass is 16.5. The summed E-state index contributed by atoms with van der Waals surface area (Å²) in [6, 6.07) is 3.29. The van der Waals surface area contributed by atoms with Crippen LogP contribution in [0.25, 0.3) is 0 Å². The number of aryl methyl sites for hydroxylation is 1. The molecule has 0 spiro atoms. The third-order valence-electron chi connectivity index (χ3n) is 3.39. The summed E-state index contributed by atoms with van der Waals surface area (Å²) in [5, 5.41) is 12.2. The van der Waals surface area contributed by atoms with Gasteiger partial charge in [0.25, 0.3) is 0 Å². The number of aromatic nitrogens is 1. The first-order chi connectivity index (χ1) is 8.58. The number of nitrogens with one attached hydrogen (secondary N) is 1. The molecule has 1 aromatic heterocycles. The largest absolute Gasteiger partial charge is 0.478 e. The molecule has 2 N–H and O–H groups in total. The highest BCUT2D eigenvalue weighted by Gasteiger charge is 2.23. The third-order valence-corrected chi connectivity index (χ3v) is 3.39. The van der Waals surface area contributed by atoms with Crippen molar-refractivity contribution >= 4 is 11.8 Å². The van der Waals surface area contributed by atoms with Gasteiger partial charge in [0.1, 0.15) is 5.82 Å². The summed E-state index contributed by atoms with van der Waals surface area (Å²) in [5.74, 6) is 0.271. The molecule has 2 rings (SSSR count). The Bertz CT molecular complexity index is 448. The quantitative estimate of drug-likeness (QED) is 0.854. The molecule has 0 amide bonds. The van der Waals surface area contributed by atoms with Gasteiger partial charge in [-0.2, -0.15) is 0 Å². The average Bonchev–Trinajstić information content (AvgIpc) is 2.72. The minimum absolute atomic E-state index is 0.248. The number of ether oxygens (including phenoxy) is 1. The van der Waals surface area contributed by atoms with Crippen LogP contribution >= 0.6 is 0 Å². The Labute approximate surface area is 106 Å². The first-order valence-electron chi connectivity index (χ1n) is 6.14. The molecule has 18 heavy (non-hydrogen) atoms. The summed E-state index contributed by atoms with van der Waals surface area (Å²) in [6.45, 7) is 5.40. The van der Waals surface area contributed by atoms with Gasteiger partial charge in [0.2, 0.25) is 0 Å². The van der Waals surface area contributed by atoms with Crippen molar-refractivity contribution in [1.82, 2.24) is 4.98 Å². The molecular weight excluding hydrogens is 232 g/mol. The second kappa shape index (κ2) is 5.35. The van der Waals surface area contributed by atoms with Crippen LogP contribution in [0.4, 0.5) is 5.82 Å². The Hall–Kier alpha value is -1.62. The number of nitrogens with zero attached hydrogens (tertiary/aromatic N) is 1. The molecule has 0 aliphatic carbocycles. The molecule has 1 aliphatic rings. The van der Waals surface area contributed by atoms with Crippen LogP contribution in [0.1, 0.15) is 29.4 Å². The molecule has 1 fully saturated rings. The van der Waals surface area contributed by atoms with Crippen molar-refractivity contribution in [2.24, 2.45) is 5.92 Å². The Morgan fingerprint density at radius 1 is 1.61 bits per heavy atom. The summed E-state index contributed by atoms with van der Waals surface area (Å²) in [5.41, 5.74) is 0.779. The van der Waals surface area contributed by atoms with E-state index in [0.717, 1.165) is 25.4 Å². The molecule has 2 unspecified atom stereocenters. The van der Waals surface area contributed by atoms with Crippen molar-refractivity contribution in [3.8, 4) is 0 Å². The number of rotatable bonds is 4. The molecule has 0 bridgehead atoms. The van der Waals surface area contributed by atoms with Crippen molar-refractivity contribution in [3.05, 3.63) is 23.4 Å². The fourth-order valence-electron chi connectivity index (χ4n) is 2.17. The van der Waals surface area contributed by atoms with E-state index in [4.69, 9.17) is 9.84 Å². The van der Waals surface area contributed by atoms with E-state index in [1.807, 2.05) is 0 Å². The molecule has 5 nitrogen and oxygen atoms in total. The predicted molar refractivity (Wildman–Crippen MR) is 67.9 cm³/mol. The maximum absolute atomic E-state index is 10.9. The van der Waals surface area contributed by atoms with Crippen molar-refractivity contribution in [1.29, 1.82) is 0 Å². The van der Waals surface area contributed by atoms with Crippen molar-refractivity contribution in [2.45, 2.75) is 26.4 Å². The van der Waals surface area contributed by atoms with Crippen molar-refractivity contribution < 1.29 is 14.6 Å². The molecule has 1 aromatic rings. The van der Waals surface area contributed by atoms with Gasteiger partial charge in [0.15, 0.2) is 0 Å². The minimum Gasteiger partial charge on any atom is -0.478 e. The van der Waals surface area contributed by atoms with E-state index in [1.54, 1.807) is 19.1 Å². The predicted octanol–water partition coefficient (Wildman–Crippen LogP) is 1.93. The third kappa shape index (κ3) is 2.79. The van der Waals surface area contributed by atoms with Crippen LogP contribution in [0.3, 0.4) is 0 Å². The van der Waals surface area contributed by atoms with Crippen LogP contribution in [-0.2, 0) is 4.74 Å². The van der Waals surface area contributed by atoms with Crippen molar-refractivity contribution in [2.75, 3.05) is 18.5 Å². The summed E-state index contributed by atoms with van der Waals surface area (Å²) in [7, 11) is 0. The second-order valence-corrected chi connectivity index (χ2v) is 4.64. The van der Waals surface area contributed by atoms with Crippen LogP contribution in [0.5, 0.6) is 0 Å². The molecule has 1 aliphatic heterocycles. The van der Waals surface area contributed by atoms with E-state index >= 15 is 0 Å². The molecule has 0 radical (unpaired) electrons. The number of carboxylic acids is 1. The Balaban J connectivity index is 1.98. The number of carboxylic acid groups (broad SMARTS) is 1. The molecule has 5 heteroatoms. The van der Waals surface area contributed by atoms with E-state index in [9.17, 15) is 4.79 Å². The molecule has 2 heterocycles. The average molecular weight is 250 g/mol. The van der Waals surface area contributed by atoms with Crippen LogP contribution in [-0.4, -0.2) is 35.3 Å². The molecule has 0 aromatic carbocycles. The maximum Gasteiger partial charge on any atom is 0.337 e. The molecule has 98 valence electrons. The van der Waals surface area contributed by atoms with Crippen LogP contribution in [0.15, 0.2) is 12.1 Å². The normalized spacial score (nSPS) is 23.0. The fourth-order valence-corrected chi connectivity index (χ4v) is 2.17. The lowest BCUT2D eigenvalue weighted by Crippen LogP contribution is -2.21. The van der Waals surface area contributed by atoms with Gasteiger partial charge in [0.05, 0.1) is 17.4 Å². The highest BCUT2D eigenvalue weighted by molar-refractivity contribution is 5.89. The van der Waals surface area contributed by atoms with Gasteiger partial charge >= 0.3 is 5.97 Å². The first kappa shape index (κ1) is 12.8. The number of hydrogen-bond acceptors (Lipinski definition) is 4. The minimum atomic E-state index is -0.940. The smallest absolute Gasteiger partial charge is 0.337 e. The summed E-state index contributed by atoms with van der Waals surface area (Å²) in [6.07, 6.45) is 1.33. The number of aromatic carboxylic acids is 1. The highest BCUT2D eigenvalue weighted by Crippen LogP contribution is 2.21. The lowest BCUT2D eigenvalue weighted by molar-refractivity contribution is 0.0695. The SMILES string of the molecule is Cc1nc(NCC2CCOC2C)ccc1C(=O)O. The number of carbonyl (C=O) groups is 1. The Morgan fingerprint density at radius 2 is 2.39 bits per heavy atom. The van der Waals surface area contributed by atoms with E-state index in [0.29, 0.717) is 11.6 Å². The maximum atomic E-state index is 10.9. The van der Waals surface area contributed by atoms with E-state index in [1.165, 1.54) is 0 Å². The second-order valence-electron chi connectivity index (χ2n) is 4.64. The summed E-state index contributed by atoms with van der Waals surface area (Å²) in [4.78, 5) is 15.1. The zero-order valence-electron chi connectivity index (χ0n) is 10.6. The Kier molecular flexibility index (Phi) is 3.81. The van der Waals surface area contributed by atoms with Crippen LogP contribution < -0.4 is 5.32 Å². The zero-order chi connectivity index (χ0) is 13.1. The lowest BCUT2D eigenvalue weighted by atomic mass is 10.0. The monoisotopic (exact) mass is 250 g/mol. The molecule has 1 saturated heterocycles. The van der Waals surface area contributed by atoms with E-state index in [-0.39, 0.29) is 11.7 Å². The standard InChI is InChI=1S/C13H18N2O3/c1-8-11(13(16)17)3-4-12(15-8)14-7-10-5-6-18-9(10)2/h3-4,9-10H,5-7H2,1-2H3,(H,14,15)(H,16,17). The van der Waals surface area contributed by atoms with E-state index in [2.05, 4.69) is 17.2 Å². The van der Waals surface area contributed by atoms with Crippen LogP contribution in [0.2, 0.25) is 0 Å². The van der Waals surface area contributed by atoms with Crippen LogP contribution in [0, 0.1) is 12.8 Å². The first-order valence-corrected chi connectivity index (χ1v) is 6.14.